The van der Waals surface area contributed by atoms with Gasteiger partial charge in [0.1, 0.15) is 0 Å². The van der Waals surface area contributed by atoms with Crippen LogP contribution in [0.2, 0.25) is 0 Å². The van der Waals surface area contributed by atoms with E-state index in [9.17, 15) is 5.11 Å². The second kappa shape index (κ2) is 4.40. The van der Waals surface area contributed by atoms with E-state index in [0.717, 1.165) is 38.9 Å². The summed E-state index contributed by atoms with van der Waals surface area (Å²) in [7, 11) is 0. The first-order valence-corrected chi connectivity index (χ1v) is 6.06. The van der Waals surface area contributed by atoms with E-state index in [2.05, 4.69) is 13.8 Å². The minimum atomic E-state index is -0.513. The van der Waals surface area contributed by atoms with Gasteiger partial charge in [0.2, 0.25) is 0 Å². The summed E-state index contributed by atoms with van der Waals surface area (Å²) in [4.78, 5) is 0. The van der Waals surface area contributed by atoms with Gasteiger partial charge in [0.05, 0.1) is 17.8 Å². The Bertz CT molecular complexity index is 201. The van der Waals surface area contributed by atoms with Gasteiger partial charge in [0.25, 0.3) is 0 Å². The van der Waals surface area contributed by atoms with Crippen LogP contribution in [0.3, 0.4) is 0 Å². The second-order valence-corrected chi connectivity index (χ2v) is 5.16. The van der Waals surface area contributed by atoms with Crippen LogP contribution in [0.1, 0.15) is 39.5 Å². The molecule has 3 nitrogen and oxygen atoms in total. The molecule has 2 atom stereocenters. The Morgan fingerprint density at radius 1 is 1.07 bits per heavy atom. The largest absolute Gasteiger partial charge is 0.389 e. The van der Waals surface area contributed by atoms with Crippen molar-refractivity contribution in [1.82, 2.24) is 0 Å². The van der Waals surface area contributed by atoms with Gasteiger partial charge in [0, 0.05) is 26.1 Å². The molecule has 2 fully saturated rings. The standard InChI is InChI=1S/C12H22O3/c1-9-7-12(13,8-10(2)15-9)11-3-5-14-6-4-11/h9-11,13H,3-8H2,1-2H3. The van der Waals surface area contributed by atoms with Crippen LogP contribution < -0.4 is 0 Å². The summed E-state index contributed by atoms with van der Waals surface area (Å²) in [5, 5.41) is 10.7. The molecular weight excluding hydrogens is 192 g/mol. The van der Waals surface area contributed by atoms with Gasteiger partial charge in [-0.05, 0) is 32.6 Å². The molecule has 0 bridgehead atoms. The first-order chi connectivity index (χ1) is 7.10. The molecule has 0 aromatic carbocycles. The summed E-state index contributed by atoms with van der Waals surface area (Å²) in [6, 6.07) is 0. The Kier molecular flexibility index (Phi) is 3.33. The van der Waals surface area contributed by atoms with Crippen molar-refractivity contribution in [3.63, 3.8) is 0 Å². The van der Waals surface area contributed by atoms with Crippen molar-refractivity contribution in [2.24, 2.45) is 5.92 Å². The van der Waals surface area contributed by atoms with E-state index in [1.165, 1.54) is 0 Å². The monoisotopic (exact) mass is 214 g/mol. The van der Waals surface area contributed by atoms with Gasteiger partial charge in [0.15, 0.2) is 0 Å². The summed E-state index contributed by atoms with van der Waals surface area (Å²) in [6.45, 7) is 5.72. The number of hydrogen-bond donors (Lipinski definition) is 1. The predicted molar refractivity (Wildman–Crippen MR) is 57.7 cm³/mol. The molecule has 88 valence electrons. The first kappa shape index (κ1) is 11.4. The van der Waals surface area contributed by atoms with Crippen molar-refractivity contribution < 1.29 is 14.6 Å². The molecular formula is C12H22O3. The number of ether oxygens (including phenoxy) is 2. The van der Waals surface area contributed by atoms with E-state index in [4.69, 9.17) is 9.47 Å². The first-order valence-electron chi connectivity index (χ1n) is 6.06. The van der Waals surface area contributed by atoms with Gasteiger partial charge >= 0.3 is 0 Å². The maximum absolute atomic E-state index is 10.7. The molecule has 0 aromatic rings. The van der Waals surface area contributed by atoms with E-state index >= 15 is 0 Å². The van der Waals surface area contributed by atoms with E-state index in [0.29, 0.717) is 5.92 Å². The quantitative estimate of drug-likeness (QED) is 0.722. The maximum atomic E-state index is 10.7. The Morgan fingerprint density at radius 3 is 2.13 bits per heavy atom. The molecule has 0 radical (unpaired) electrons. The van der Waals surface area contributed by atoms with E-state index < -0.39 is 5.60 Å². The fourth-order valence-corrected chi connectivity index (χ4v) is 3.14. The summed E-state index contributed by atoms with van der Waals surface area (Å²) >= 11 is 0. The molecule has 1 N–H and O–H groups in total. The van der Waals surface area contributed by atoms with Gasteiger partial charge in [-0.2, -0.15) is 0 Å². The van der Waals surface area contributed by atoms with Crippen molar-refractivity contribution in [3.8, 4) is 0 Å². The topological polar surface area (TPSA) is 38.7 Å². The van der Waals surface area contributed by atoms with Gasteiger partial charge in [-0.3, -0.25) is 0 Å². The Labute approximate surface area is 91.8 Å². The molecule has 0 amide bonds. The van der Waals surface area contributed by atoms with Crippen molar-refractivity contribution in [2.45, 2.75) is 57.3 Å². The lowest BCUT2D eigenvalue weighted by Gasteiger charge is -2.45. The van der Waals surface area contributed by atoms with Crippen LogP contribution in [0.4, 0.5) is 0 Å². The van der Waals surface area contributed by atoms with Crippen molar-refractivity contribution >= 4 is 0 Å². The summed E-state index contributed by atoms with van der Waals surface area (Å²) in [6.07, 6.45) is 3.92. The van der Waals surface area contributed by atoms with E-state index in [1.807, 2.05) is 0 Å². The minimum Gasteiger partial charge on any atom is -0.389 e. The molecule has 0 spiro atoms. The number of rotatable bonds is 1. The van der Waals surface area contributed by atoms with Crippen LogP contribution in [0.25, 0.3) is 0 Å². The molecule has 2 aliphatic rings. The molecule has 3 heteroatoms. The van der Waals surface area contributed by atoms with E-state index in [1.54, 1.807) is 0 Å². The van der Waals surface area contributed by atoms with Crippen LogP contribution in [0, 0.1) is 5.92 Å². The van der Waals surface area contributed by atoms with Gasteiger partial charge in [-0.1, -0.05) is 0 Å². The maximum Gasteiger partial charge on any atom is 0.0726 e. The zero-order valence-corrected chi connectivity index (χ0v) is 9.74. The second-order valence-electron chi connectivity index (χ2n) is 5.16. The minimum absolute atomic E-state index is 0.182. The molecule has 2 saturated heterocycles. The van der Waals surface area contributed by atoms with Crippen LogP contribution in [0.15, 0.2) is 0 Å². The lowest BCUT2D eigenvalue weighted by molar-refractivity contribution is -0.167. The third kappa shape index (κ3) is 2.52. The zero-order chi connectivity index (χ0) is 10.9. The molecule has 0 saturated carbocycles. The van der Waals surface area contributed by atoms with Gasteiger partial charge in [-0.25, -0.2) is 0 Å². The molecule has 0 aromatic heterocycles. The molecule has 2 heterocycles. The third-order valence-corrected chi connectivity index (χ3v) is 3.73. The van der Waals surface area contributed by atoms with Crippen molar-refractivity contribution in [3.05, 3.63) is 0 Å². The smallest absolute Gasteiger partial charge is 0.0726 e. The Morgan fingerprint density at radius 2 is 1.60 bits per heavy atom. The fourth-order valence-electron chi connectivity index (χ4n) is 3.14. The van der Waals surface area contributed by atoms with Crippen LogP contribution in [0.5, 0.6) is 0 Å². The van der Waals surface area contributed by atoms with Crippen LogP contribution in [-0.2, 0) is 9.47 Å². The van der Waals surface area contributed by atoms with Crippen molar-refractivity contribution in [1.29, 1.82) is 0 Å². The lowest BCUT2D eigenvalue weighted by Crippen LogP contribution is -2.50. The van der Waals surface area contributed by atoms with E-state index in [-0.39, 0.29) is 12.2 Å². The van der Waals surface area contributed by atoms with Crippen molar-refractivity contribution in [2.75, 3.05) is 13.2 Å². The summed E-state index contributed by atoms with van der Waals surface area (Å²) in [5.74, 6) is 0.403. The normalized spacial score (nSPS) is 44.2. The van der Waals surface area contributed by atoms with Gasteiger partial charge in [-0.15, -0.1) is 0 Å². The molecule has 2 rings (SSSR count). The fraction of sp³-hybridized carbons (Fsp3) is 1.00. The Balaban J connectivity index is 2.02. The highest BCUT2D eigenvalue weighted by atomic mass is 16.5. The SMILES string of the molecule is CC1CC(O)(C2CCOCC2)CC(C)O1. The highest BCUT2D eigenvalue weighted by Gasteiger charge is 2.43. The lowest BCUT2D eigenvalue weighted by atomic mass is 9.74. The third-order valence-electron chi connectivity index (χ3n) is 3.73. The number of hydrogen-bond acceptors (Lipinski definition) is 3. The number of aliphatic hydroxyl groups is 1. The molecule has 2 unspecified atom stereocenters. The van der Waals surface area contributed by atoms with Crippen LogP contribution in [-0.4, -0.2) is 36.1 Å². The highest BCUT2D eigenvalue weighted by molar-refractivity contribution is 4.93. The van der Waals surface area contributed by atoms with Crippen LogP contribution >= 0.6 is 0 Å². The molecule has 2 aliphatic heterocycles. The zero-order valence-electron chi connectivity index (χ0n) is 9.74. The summed E-state index contributed by atoms with van der Waals surface area (Å²) < 4.78 is 11.0. The van der Waals surface area contributed by atoms with Gasteiger partial charge < -0.3 is 14.6 Å². The highest BCUT2D eigenvalue weighted by Crippen LogP contribution is 2.39. The average Bonchev–Trinajstić information content (AvgIpc) is 2.17. The predicted octanol–water partition coefficient (Wildman–Crippen LogP) is 1.73. The average molecular weight is 214 g/mol. The summed E-state index contributed by atoms with van der Waals surface area (Å²) in [5.41, 5.74) is -0.513. The molecule has 0 aliphatic carbocycles. The Hall–Kier alpha value is -0.120. The molecule has 15 heavy (non-hydrogen) atoms.